The van der Waals surface area contributed by atoms with E-state index in [1.54, 1.807) is 6.08 Å². The van der Waals surface area contributed by atoms with Gasteiger partial charge in [0.25, 0.3) is 0 Å². The van der Waals surface area contributed by atoms with Crippen molar-refractivity contribution < 1.29 is 9.31 Å². The van der Waals surface area contributed by atoms with Crippen LogP contribution in [0.4, 0.5) is 0 Å². The summed E-state index contributed by atoms with van der Waals surface area (Å²) in [5, 5.41) is 0. The third kappa shape index (κ3) is 0.966. The summed E-state index contributed by atoms with van der Waals surface area (Å²) in [5.41, 5.74) is 1.04. The molecule has 2 aliphatic rings. The molecule has 2 rings (SSSR count). The molecule has 0 bridgehead atoms. The fraction of sp³-hybridized carbons (Fsp3) is 0.250. The van der Waals surface area contributed by atoms with Gasteiger partial charge < -0.3 is 9.31 Å². The molecule has 1 radical (unpaired) electrons. The Labute approximate surface area is 66.5 Å². The molecule has 1 aliphatic heterocycles. The van der Waals surface area contributed by atoms with Crippen molar-refractivity contribution >= 4 is 7.69 Å². The SMILES string of the molecule is C=CC1=CCCC2=C1O[B]O2. The van der Waals surface area contributed by atoms with Crippen LogP contribution in [0.1, 0.15) is 12.8 Å². The van der Waals surface area contributed by atoms with E-state index in [1.165, 1.54) is 7.69 Å². The van der Waals surface area contributed by atoms with Crippen LogP contribution in [-0.2, 0) is 9.31 Å². The third-order valence-corrected chi connectivity index (χ3v) is 1.83. The highest BCUT2D eigenvalue weighted by Crippen LogP contribution is 2.30. The standard InChI is InChI=1S/C8H8BO2/c1-2-6-4-3-5-7-8(6)11-9-10-7/h2,4H,1,3,5H2. The van der Waals surface area contributed by atoms with Crippen LogP contribution in [0, 0.1) is 0 Å². The lowest BCUT2D eigenvalue weighted by Crippen LogP contribution is -1.95. The Balaban J connectivity index is 2.34. The van der Waals surface area contributed by atoms with Gasteiger partial charge in [0, 0.05) is 12.0 Å². The predicted octanol–water partition coefficient (Wildman–Crippen LogP) is 1.69. The highest BCUT2D eigenvalue weighted by atomic mass is 16.6. The molecular weight excluding hydrogens is 139 g/mol. The van der Waals surface area contributed by atoms with E-state index in [0.29, 0.717) is 0 Å². The Hall–Kier alpha value is -1.12. The van der Waals surface area contributed by atoms with E-state index in [1.807, 2.05) is 0 Å². The van der Waals surface area contributed by atoms with Gasteiger partial charge in [0.1, 0.15) is 11.5 Å². The maximum absolute atomic E-state index is 5.15. The van der Waals surface area contributed by atoms with Gasteiger partial charge in [0.2, 0.25) is 0 Å². The zero-order valence-electron chi connectivity index (χ0n) is 6.17. The normalized spacial score (nSPS) is 20.9. The van der Waals surface area contributed by atoms with Gasteiger partial charge in [-0.25, -0.2) is 0 Å². The zero-order valence-corrected chi connectivity index (χ0v) is 6.17. The van der Waals surface area contributed by atoms with E-state index in [9.17, 15) is 0 Å². The van der Waals surface area contributed by atoms with E-state index in [4.69, 9.17) is 9.31 Å². The molecule has 1 heterocycles. The summed E-state index contributed by atoms with van der Waals surface area (Å²) >= 11 is 0. The number of rotatable bonds is 1. The summed E-state index contributed by atoms with van der Waals surface area (Å²) in [7, 11) is 1.37. The zero-order chi connectivity index (χ0) is 7.68. The molecule has 1 aliphatic carbocycles. The first-order chi connectivity index (χ1) is 5.42. The fourth-order valence-corrected chi connectivity index (χ4v) is 1.28. The summed E-state index contributed by atoms with van der Waals surface area (Å²) in [6, 6.07) is 0. The maximum atomic E-state index is 5.15. The monoisotopic (exact) mass is 147 g/mol. The minimum Gasteiger partial charge on any atom is -0.527 e. The predicted molar refractivity (Wildman–Crippen MR) is 42.5 cm³/mol. The smallest absolute Gasteiger partial charge is 0.527 e. The first-order valence-corrected chi connectivity index (χ1v) is 3.63. The highest BCUT2D eigenvalue weighted by molar-refractivity contribution is 6.20. The molecule has 0 saturated carbocycles. The van der Waals surface area contributed by atoms with E-state index >= 15 is 0 Å². The van der Waals surface area contributed by atoms with Gasteiger partial charge in [0.05, 0.1) is 0 Å². The molecule has 3 heteroatoms. The lowest BCUT2D eigenvalue weighted by atomic mass is 10.0. The minimum absolute atomic E-state index is 0.839. The summed E-state index contributed by atoms with van der Waals surface area (Å²) < 4.78 is 10.3. The Bertz CT molecular complexity index is 253. The van der Waals surface area contributed by atoms with Crippen LogP contribution in [0.5, 0.6) is 0 Å². The van der Waals surface area contributed by atoms with Crippen molar-refractivity contribution in [3.63, 3.8) is 0 Å². The molecule has 0 N–H and O–H groups in total. The third-order valence-electron chi connectivity index (χ3n) is 1.83. The van der Waals surface area contributed by atoms with Gasteiger partial charge in [-0.1, -0.05) is 18.7 Å². The van der Waals surface area contributed by atoms with Gasteiger partial charge >= 0.3 is 7.69 Å². The van der Waals surface area contributed by atoms with Crippen LogP contribution in [-0.4, -0.2) is 7.69 Å². The second kappa shape index (κ2) is 2.49. The Morgan fingerprint density at radius 2 is 2.45 bits per heavy atom. The Morgan fingerprint density at radius 3 is 3.27 bits per heavy atom. The molecule has 0 amide bonds. The minimum atomic E-state index is 0.839. The number of hydrogen-bond acceptors (Lipinski definition) is 2. The van der Waals surface area contributed by atoms with Gasteiger partial charge in [0.15, 0.2) is 0 Å². The van der Waals surface area contributed by atoms with Crippen molar-refractivity contribution in [2.45, 2.75) is 12.8 Å². The van der Waals surface area contributed by atoms with E-state index in [-0.39, 0.29) is 0 Å². The van der Waals surface area contributed by atoms with Crippen LogP contribution in [0.15, 0.2) is 35.8 Å². The summed E-state index contributed by atoms with van der Waals surface area (Å²) in [4.78, 5) is 0. The summed E-state index contributed by atoms with van der Waals surface area (Å²) in [6.07, 6.45) is 5.84. The number of allylic oxidation sites excluding steroid dienone is 3. The first kappa shape index (κ1) is 6.59. The van der Waals surface area contributed by atoms with Crippen molar-refractivity contribution in [1.29, 1.82) is 0 Å². The largest absolute Gasteiger partial charge is 0.658 e. The van der Waals surface area contributed by atoms with E-state index in [0.717, 1.165) is 29.9 Å². The maximum Gasteiger partial charge on any atom is 0.658 e. The molecule has 0 atom stereocenters. The highest BCUT2D eigenvalue weighted by Gasteiger charge is 2.24. The summed E-state index contributed by atoms with van der Waals surface area (Å²) in [5.74, 6) is 1.77. The number of hydrogen-bond donors (Lipinski definition) is 0. The lowest BCUT2D eigenvalue weighted by Gasteiger charge is -2.10. The lowest BCUT2D eigenvalue weighted by molar-refractivity contribution is 0.407. The molecule has 0 unspecified atom stereocenters. The van der Waals surface area contributed by atoms with Gasteiger partial charge in [-0.05, 0) is 6.42 Å². The summed E-state index contributed by atoms with van der Waals surface area (Å²) in [6.45, 7) is 3.69. The van der Waals surface area contributed by atoms with Crippen LogP contribution in [0.3, 0.4) is 0 Å². The quantitative estimate of drug-likeness (QED) is 0.525. The van der Waals surface area contributed by atoms with E-state index in [2.05, 4.69) is 12.7 Å². The molecule has 11 heavy (non-hydrogen) atoms. The van der Waals surface area contributed by atoms with Crippen molar-refractivity contribution in [3.05, 3.63) is 35.8 Å². The molecule has 2 nitrogen and oxygen atoms in total. The van der Waals surface area contributed by atoms with Crippen LogP contribution in [0.2, 0.25) is 0 Å². The second-order valence-corrected chi connectivity index (χ2v) is 2.49. The van der Waals surface area contributed by atoms with E-state index < -0.39 is 0 Å². The molecule has 0 aromatic heterocycles. The second-order valence-electron chi connectivity index (χ2n) is 2.49. The molecule has 0 fully saturated rings. The van der Waals surface area contributed by atoms with Crippen molar-refractivity contribution in [2.24, 2.45) is 0 Å². The van der Waals surface area contributed by atoms with Crippen molar-refractivity contribution in [3.8, 4) is 0 Å². The van der Waals surface area contributed by atoms with Crippen LogP contribution in [0.25, 0.3) is 0 Å². The van der Waals surface area contributed by atoms with Crippen LogP contribution < -0.4 is 0 Å². The molecule has 55 valence electrons. The molecule has 0 spiro atoms. The molecule has 0 aromatic carbocycles. The molecular formula is C8H8BO2. The first-order valence-electron chi connectivity index (χ1n) is 3.63. The van der Waals surface area contributed by atoms with Gasteiger partial charge in [-0.15, -0.1) is 0 Å². The van der Waals surface area contributed by atoms with Crippen LogP contribution >= 0.6 is 0 Å². The van der Waals surface area contributed by atoms with Gasteiger partial charge in [-0.3, -0.25) is 0 Å². The molecule has 0 saturated heterocycles. The average Bonchev–Trinajstić information content (AvgIpc) is 2.50. The van der Waals surface area contributed by atoms with Crippen molar-refractivity contribution in [2.75, 3.05) is 0 Å². The fourth-order valence-electron chi connectivity index (χ4n) is 1.28. The average molecular weight is 147 g/mol. The topological polar surface area (TPSA) is 18.5 Å². The van der Waals surface area contributed by atoms with Crippen molar-refractivity contribution in [1.82, 2.24) is 0 Å². The Morgan fingerprint density at radius 1 is 1.55 bits per heavy atom. The molecule has 0 aromatic rings. The Kier molecular flexibility index (Phi) is 1.49. The van der Waals surface area contributed by atoms with Gasteiger partial charge in [-0.2, -0.15) is 0 Å².